The number of likely N-dealkylation sites (tertiary alicyclic amines) is 1. The van der Waals surface area contributed by atoms with Crippen LogP contribution in [0.3, 0.4) is 0 Å². The van der Waals surface area contributed by atoms with Gasteiger partial charge in [-0.05, 0) is 50.6 Å². The van der Waals surface area contributed by atoms with Gasteiger partial charge < -0.3 is 14.6 Å². The largest absolute Gasteiger partial charge is 0.461 e. The van der Waals surface area contributed by atoms with Crippen molar-refractivity contribution in [2.45, 2.75) is 32.7 Å². The maximum atomic E-state index is 12.4. The van der Waals surface area contributed by atoms with Gasteiger partial charge in [0, 0.05) is 30.1 Å². The molecule has 1 aromatic heterocycles. The van der Waals surface area contributed by atoms with Crippen LogP contribution in [0.15, 0.2) is 28.7 Å². The van der Waals surface area contributed by atoms with E-state index in [-0.39, 0.29) is 11.9 Å². The number of carbonyl (C=O) groups excluding carboxylic acids is 1. The smallest absolute Gasteiger partial charge is 0.251 e. The minimum atomic E-state index is 0.0131. The van der Waals surface area contributed by atoms with Crippen molar-refractivity contribution in [1.29, 1.82) is 0 Å². The van der Waals surface area contributed by atoms with Crippen LogP contribution in [-0.2, 0) is 0 Å². The molecule has 2 heterocycles. The zero-order valence-corrected chi connectivity index (χ0v) is 12.7. The lowest BCUT2D eigenvalue weighted by atomic mass is 10.1. The average Bonchev–Trinajstić information content (AvgIpc) is 3.03. The Hall–Kier alpha value is -1.81. The highest BCUT2D eigenvalue weighted by Crippen LogP contribution is 2.20. The van der Waals surface area contributed by atoms with Crippen molar-refractivity contribution in [2.75, 3.05) is 19.6 Å². The first-order valence-corrected chi connectivity index (χ1v) is 7.69. The fraction of sp³-hybridized carbons (Fsp3) is 0.471. The van der Waals surface area contributed by atoms with Crippen molar-refractivity contribution in [3.05, 3.63) is 35.6 Å². The minimum Gasteiger partial charge on any atom is -0.461 e. The Labute approximate surface area is 125 Å². The summed E-state index contributed by atoms with van der Waals surface area (Å²) in [6, 6.07) is 7.84. The van der Waals surface area contributed by atoms with Crippen LogP contribution < -0.4 is 5.32 Å². The molecule has 112 valence electrons. The quantitative estimate of drug-likeness (QED) is 0.940. The number of hydrogen-bond acceptors (Lipinski definition) is 3. The molecule has 4 nitrogen and oxygen atoms in total. The second kappa shape index (κ2) is 5.90. The Morgan fingerprint density at radius 1 is 1.43 bits per heavy atom. The number of nitrogens with zero attached hydrogens (tertiary/aromatic N) is 1. The van der Waals surface area contributed by atoms with E-state index in [0.717, 1.165) is 49.2 Å². The zero-order chi connectivity index (χ0) is 14.8. The summed E-state index contributed by atoms with van der Waals surface area (Å²) in [5.41, 5.74) is 1.54. The number of benzene rings is 1. The molecule has 1 atom stereocenters. The molecule has 1 aliphatic heterocycles. The standard InChI is InChI=1S/C17H22N2O2/c1-3-7-19-8-6-15(11-19)18-17(20)13-4-5-16-14(10-13)9-12(2)21-16/h4-5,9-10,15H,3,6-8,11H2,1-2H3,(H,18,20)/t15-/m1/s1. The third-order valence-corrected chi connectivity index (χ3v) is 4.05. The second-order valence-corrected chi connectivity index (χ2v) is 5.87. The van der Waals surface area contributed by atoms with Gasteiger partial charge in [0.05, 0.1) is 0 Å². The van der Waals surface area contributed by atoms with E-state index in [1.807, 2.05) is 31.2 Å². The first-order chi connectivity index (χ1) is 10.2. The van der Waals surface area contributed by atoms with Gasteiger partial charge in [-0.15, -0.1) is 0 Å². The molecule has 1 aliphatic rings. The van der Waals surface area contributed by atoms with E-state index in [2.05, 4.69) is 17.1 Å². The summed E-state index contributed by atoms with van der Waals surface area (Å²) >= 11 is 0. The summed E-state index contributed by atoms with van der Waals surface area (Å²) < 4.78 is 5.54. The number of rotatable bonds is 4. The molecule has 0 radical (unpaired) electrons. The molecule has 21 heavy (non-hydrogen) atoms. The van der Waals surface area contributed by atoms with Gasteiger partial charge in [0.25, 0.3) is 5.91 Å². The van der Waals surface area contributed by atoms with Crippen molar-refractivity contribution in [1.82, 2.24) is 10.2 Å². The Balaban J connectivity index is 1.66. The summed E-state index contributed by atoms with van der Waals surface area (Å²) in [5, 5.41) is 4.13. The number of amides is 1. The van der Waals surface area contributed by atoms with Crippen LogP contribution in [-0.4, -0.2) is 36.5 Å². The molecule has 0 unspecified atom stereocenters. The van der Waals surface area contributed by atoms with Crippen LogP contribution in [0, 0.1) is 6.92 Å². The van der Waals surface area contributed by atoms with Crippen LogP contribution >= 0.6 is 0 Å². The van der Waals surface area contributed by atoms with E-state index in [4.69, 9.17) is 4.42 Å². The number of carbonyl (C=O) groups is 1. The van der Waals surface area contributed by atoms with Crippen molar-refractivity contribution in [3.8, 4) is 0 Å². The molecule has 1 fully saturated rings. The third kappa shape index (κ3) is 3.10. The molecule has 4 heteroatoms. The van der Waals surface area contributed by atoms with Crippen molar-refractivity contribution < 1.29 is 9.21 Å². The first kappa shape index (κ1) is 14.1. The third-order valence-electron chi connectivity index (χ3n) is 4.05. The molecule has 3 rings (SSSR count). The predicted molar refractivity (Wildman–Crippen MR) is 83.6 cm³/mol. The molecule has 1 amide bonds. The Morgan fingerprint density at radius 2 is 2.29 bits per heavy atom. The van der Waals surface area contributed by atoms with Gasteiger partial charge in [0.1, 0.15) is 11.3 Å². The number of furan rings is 1. The number of nitrogens with one attached hydrogen (secondary N) is 1. The topological polar surface area (TPSA) is 45.5 Å². The maximum absolute atomic E-state index is 12.4. The SMILES string of the molecule is CCCN1CC[C@@H](NC(=O)c2ccc3oc(C)cc3c2)C1. The summed E-state index contributed by atoms with van der Waals surface area (Å²) in [6.07, 6.45) is 2.20. The number of fused-ring (bicyclic) bond motifs is 1. The van der Waals surface area contributed by atoms with Gasteiger partial charge in [-0.1, -0.05) is 6.92 Å². The van der Waals surface area contributed by atoms with Crippen molar-refractivity contribution in [3.63, 3.8) is 0 Å². The summed E-state index contributed by atoms with van der Waals surface area (Å²) in [5.74, 6) is 0.882. The van der Waals surface area contributed by atoms with Crippen LogP contribution in [0.1, 0.15) is 35.9 Å². The van der Waals surface area contributed by atoms with E-state index < -0.39 is 0 Å². The molecule has 0 bridgehead atoms. The summed E-state index contributed by atoms with van der Waals surface area (Å²) in [6.45, 7) is 7.27. The Morgan fingerprint density at radius 3 is 3.10 bits per heavy atom. The van der Waals surface area contributed by atoms with Gasteiger partial charge in [-0.3, -0.25) is 4.79 Å². The fourth-order valence-corrected chi connectivity index (χ4v) is 3.06. The lowest BCUT2D eigenvalue weighted by molar-refractivity contribution is 0.0938. The fourth-order valence-electron chi connectivity index (χ4n) is 3.06. The van der Waals surface area contributed by atoms with Gasteiger partial charge in [-0.25, -0.2) is 0 Å². The first-order valence-electron chi connectivity index (χ1n) is 7.69. The van der Waals surface area contributed by atoms with Crippen LogP contribution in [0.4, 0.5) is 0 Å². The van der Waals surface area contributed by atoms with Gasteiger partial charge in [0.2, 0.25) is 0 Å². The Kier molecular flexibility index (Phi) is 3.97. The maximum Gasteiger partial charge on any atom is 0.251 e. The summed E-state index contributed by atoms with van der Waals surface area (Å²) in [7, 11) is 0. The highest BCUT2D eigenvalue weighted by atomic mass is 16.3. The molecule has 0 saturated carbocycles. The summed E-state index contributed by atoms with van der Waals surface area (Å²) in [4.78, 5) is 14.8. The van der Waals surface area contributed by atoms with E-state index in [1.165, 1.54) is 0 Å². The van der Waals surface area contributed by atoms with Crippen molar-refractivity contribution in [2.24, 2.45) is 0 Å². The number of aryl methyl sites for hydroxylation is 1. The lowest BCUT2D eigenvalue weighted by Crippen LogP contribution is -2.37. The highest BCUT2D eigenvalue weighted by molar-refractivity contribution is 5.98. The van der Waals surface area contributed by atoms with Crippen LogP contribution in [0.5, 0.6) is 0 Å². The monoisotopic (exact) mass is 286 g/mol. The zero-order valence-electron chi connectivity index (χ0n) is 12.7. The molecular formula is C17H22N2O2. The molecule has 1 aromatic carbocycles. The van der Waals surface area contributed by atoms with Gasteiger partial charge in [0.15, 0.2) is 0 Å². The van der Waals surface area contributed by atoms with Crippen LogP contribution in [0.25, 0.3) is 11.0 Å². The molecule has 0 aliphatic carbocycles. The Bertz CT molecular complexity index is 647. The van der Waals surface area contributed by atoms with E-state index in [9.17, 15) is 4.79 Å². The molecule has 1 N–H and O–H groups in total. The van der Waals surface area contributed by atoms with Gasteiger partial charge in [-0.2, -0.15) is 0 Å². The second-order valence-electron chi connectivity index (χ2n) is 5.87. The minimum absolute atomic E-state index is 0.0131. The molecule has 1 saturated heterocycles. The molecule has 0 spiro atoms. The molecular weight excluding hydrogens is 264 g/mol. The normalized spacial score (nSPS) is 19.2. The highest BCUT2D eigenvalue weighted by Gasteiger charge is 2.23. The van der Waals surface area contributed by atoms with Gasteiger partial charge >= 0.3 is 0 Å². The lowest BCUT2D eigenvalue weighted by Gasteiger charge is -2.15. The van der Waals surface area contributed by atoms with Crippen molar-refractivity contribution >= 4 is 16.9 Å². The van der Waals surface area contributed by atoms with Crippen LogP contribution in [0.2, 0.25) is 0 Å². The van der Waals surface area contributed by atoms with E-state index >= 15 is 0 Å². The average molecular weight is 286 g/mol. The molecule has 2 aromatic rings. The van der Waals surface area contributed by atoms with E-state index in [0.29, 0.717) is 5.56 Å². The number of hydrogen-bond donors (Lipinski definition) is 1. The van der Waals surface area contributed by atoms with E-state index in [1.54, 1.807) is 0 Å². The predicted octanol–water partition coefficient (Wildman–Crippen LogP) is 2.96.